The lowest BCUT2D eigenvalue weighted by Crippen LogP contribution is -2.02. The molecule has 0 aliphatic carbocycles. The molecule has 0 spiro atoms. The van der Waals surface area contributed by atoms with Gasteiger partial charge in [0, 0.05) is 16.3 Å². The molecule has 5 aromatic rings. The van der Waals surface area contributed by atoms with Gasteiger partial charge in [-0.05, 0) is 29.3 Å². The van der Waals surface area contributed by atoms with Gasteiger partial charge >= 0.3 is 0 Å². The number of aromatic amines is 1. The monoisotopic (exact) mass is 337 g/mol. The molecule has 0 saturated heterocycles. The Morgan fingerprint density at radius 3 is 2.04 bits per heavy atom. The first-order valence-corrected chi connectivity index (χ1v) is 8.94. The van der Waals surface area contributed by atoms with Crippen LogP contribution in [-0.2, 0) is 6.42 Å². The van der Waals surface area contributed by atoms with E-state index in [2.05, 4.69) is 77.8 Å². The average Bonchev–Trinajstić information content (AvgIpc) is 3.15. The van der Waals surface area contributed by atoms with Crippen LogP contribution in [0.4, 0.5) is 0 Å². The third-order valence-corrected chi connectivity index (χ3v) is 5.03. The van der Waals surface area contributed by atoms with Gasteiger partial charge in [0.05, 0.1) is 11.0 Å². The van der Waals surface area contributed by atoms with Crippen LogP contribution in [0.25, 0.3) is 44.0 Å². The minimum atomic E-state index is 0.669. The van der Waals surface area contributed by atoms with Crippen LogP contribution in [0.2, 0.25) is 0 Å². The molecule has 126 valence electrons. The fourth-order valence-electron chi connectivity index (χ4n) is 3.76. The Morgan fingerprint density at radius 1 is 0.731 bits per heavy atom. The molecule has 4 aromatic carbocycles. The Bertz CT molecular complexity index is 1160. The van der Waals surface area contributed by atoms with Crippen LogP contribution in [0.5, 0.6) is 0 Å². The Morgan fingerprint density at radius 2 is 1.35 bits per heavy atom. The highest BCUT2D eigenvalue weighted by Gasteiger charge is 2.13. The molecule has 26 heavy (non-hydrogen) atoms. The summed E-state index contributed by atoms with van der Waals surface area (Å²) in [5.41, 5.74) is 10.1. The maximum atomic E-state index is 5.65. The van der Waals surface area contributed by atoms with E-state index >= 15 is 0 Å². The predicted octanol–water partition coefficient (Wildman–Crippen LogP) is 5.04. The molecule has 0 aliphatic heterocycles. The summed E-state index contributed by atoms with van der Waals surface area (Å²) in [6.07, 6.45) is 0.898. The molecule has 3 heteroatoms. The van der Waals surface area contributed by atoms with Crippen LogP contribution < -0.4 is 5.73 Å². The molecule has 0 fully saturated rings. The molecule has 1 aromatic heterocycles. The normalized spacial score (nSPS) is 11.6. The first-order chi connectivity index (χ1) is 12.8. The highest BCUT2D eigenvalue weighted by atomic mass is 14.9. The van der Waals surface area contributed by atoms with Crippen molar-refractivity contribution in [1.82, 2.24) is 9.97 Å². The second kappa shape index (κ2) is 5.97. The number of aromatic nitrogens is 2. The van der Waals surface area contributed by atoms with Crippen molar-refractivity contribution in [2.24, 2.45) is 5.73 Å². The number of H-pyrrole nitrogens is 1. The molecule has 3 nitrogen and oxygen atoms in total. The van der Waals surface area contributed by atoms with Crippen molar-refractivity contribution in [1.29, 1.82) is 0 Å². The van der Waals surface area contributed by atoms with Gasteiger partial charge in [-0.1, -0.05) is 72.8 Å². The third-order valence-electron chi connectivity index (χ3n) is 5.03. The molecule has 0 radical (unpaired) electrons. The van der Waals surface area contributed by atoms with E-state index in [1.165, 1.54) is 27.1 Å². The van der Waals surface area contributed by atoms with Crippen LogP contribution >= 0.6 is 0 Å². The van der Waals surface area contributed by atoms with Crippen LogP contribution in [0, 0.1) is 0 Å². The van der Waals surface area contributed by atoms with E-state index in [9.17, 15) is 0 Å². The number of benzene rings is 4. The molecule has 3 N–H and O–H groups in total. The zero-order chi connectivity index (χ0) is 17.5. The zero-order valence-electron chi connectivity index (χ0n) is 14.4. The van der Waals surface area contributed by atoms with Crippen LogP contribution in [-0.4, -0.2) is 16.5 Å². The smallest absolute Gasteiger partial charge is 0.138 e. The minimum Gasteiger partial charge on any atom is -0.337 e. The average molecular weight is 337 g/mol. The SMILES string of the molecule is NCCc1ccc(-c2nc3c4ccccc4c4ccccc4c3[nH]2)cc1. The number of rotatable bonds is 3. The van der Waals surface area contributed by atoms with E-state index < -0.39 is 0 Å². The van der Waals surface area contributed by atoms with Crippen molar-refractivity contribution >= 4 is 32.6 Å². The first kappa shape index (κ1) is 15.1. The maximum absolute atomic E-state index is 5.65. The van der Waals surface area contributed by atoms with Crippen molar-refractivity contribution in [3.63, 3.8) is 0 Å². The third kappa shape index (κ3) is 2.29. The van der Waals surface area contributed by atoms with E-state index in [0.717, 1.165) is 28.8 Å². The van der Waals surface area contributed by atoms with Crippen molar-refractivity contribution < 1.29 is 0 Å². The van der Waals surface area contributed by atoms with E-state index in [0.29, 0.717) is 6.54 Å². The molecule has 0 saturated carbocycles. The lowest BCUT2D eigenvalue weighted by molar-refractivity contribution is 0.969. The van der Waals surface area contributed by atoms with Crippen molar-refractivity contribution in [2.75, 3.05) is 6.54 Å². The molecule has 1 heterocycles. The van der Waals surface area contributed by atoms with Crippen molar-refractivity contribution in [3.8, 4) is 11.4 Å². The van der Waals surface area contributed by atoms with Gasteiger partial charge in [0.15, 0.2) is 0 Å². The number of hydrogen-bond donors (Lipinski definition) is 2. The second-order valence-electron chi connectivity index (χ2n) is 6.64. The van der Waals surface area contributed by atoms with Gasteiger partial charge in [-0.25, -0.2) is 4.98 Å². The van der Waals surface area contributed by atoms with Gasteiger partial charge in [-0.3, -0.25) is 0 Å². The van der Waals surface area contributed by atoms with Gasteiger partial charge in [0.25, 0.3) is 0 Å². The van der Waals surface area contributed by atoms with Gasteiger partial charge in [0.1, 0.15) is 5.82 Å². The van der Waals surface area contributed by atoms with Crippen LogP contribution in [0.1, 0.15) is 5.56 Å². The Balaban J connectivity index is 1.79. The van der Waals surface area contributed by atoms with Gasteiger partial charge in [0.2, 0.25) is 0 Å². The topological polar surface area (TPSA) is 54.7 Å². The predicted molar refractivity (Wildman–Crippen MR) is 109 cm³/mol. The van der Waals surface area contributed by atoms with E-state index in [4.69, 9.17) is 10.7 Å². The fraction of sp³-hybridized carbons (Fsp3) is 0.0870. The fourth-order valence-corrected chi connectivity index (χ4v) is 3.76. The summed E-state index contributed by atoms with van der Waals surface area (Å²) in [5, 5.41) is 4.89. The number of nitrogens with zero attached hydrogens (tertiary/aromatic N) is 1. The highest BCUT2D eigenvalue weighted by molar-refractivity contribution is 6.23. The summed E-state index contributed by atoms with van der Waals surface area (Å²) >= 11 is 0. The number of nitrogens with two attached hydrogens (primary N) is 1. The van der Waals surface area contributed by atoms with Crippen molar-refractivity contribution in [3.05, 3.63) is 78.4 Å². The number of imidazole rings is 1. The molecule has 0 atom stereocenters. The zero-order valence-corrected chi connectivity index (χ0v) is 14.4. The Hall–Kier alpha value is -3.17. The highest BCUT2D eigenvalue weighted by Crippen LogP contribution is 2.35. The summed E-state index contributed by atoms with van der Waals surface area (Å²) in [4.78, 5) is 8.52. The molecule has 0 aliphatic rings. The van der Waals surface area contributed by atoms with Gasteiger partial charge in [-0.15, -0.1) is 0 Å². The molecule has 0 amide bonds. The molecule has 0 bridgehead atoms. The first-order valence-electron chi connectivity index (χ1n) is 8.94. The quantitative estimate of drug-likeness (QED) is 0.453. The standard InChI is InChI=1S/C23H19N3/c24-14-13-15-9-11-16(12-10-15)23-25-21-19-7-3-1-5-17(19)18-6-2-4-8-20(18)22(21)26-23/h1-12H,13-14,24H2,(H,25,26). The van der Waals surface area contributed by atoms with E-state index in [1.54, 1.807) is 0 Å². The second-order valence-corrected chi connectivity index (χ2v) is 6.64. The van der Waals surface area contributed by atoms with Gasteiger partial charge < -0.3 is 10.7 Å². The Kier molecular flexibility index (Phi) is 3.47. The molecular weight excluding hydrogens is 318 g/mol. The van der Waals surface area contributed by atoms with Gasteiger partial charge in [-0.2, -0.15) is 0 Å². The lowest BCUT2D eigenvalue weighted by Gasteiger charge is -2.05. The summed E-state index contributed by atoms with van der Waals surface area (Å²) in [7, 11) is 0. The summed E-state index contributed by atoms with van der Waals surface area (Å²) in [5.74, 6) is 0.904. The molecule has 5 rings (SSSR count). The van der Waals surface area contributed by atoms with E-state index in [1.807, 2.05) is 0 Å². The minimum absolute atomic E-state index is 0.669. The maximum Gasteiger partial charge on any atom is 0.138 e. The summed E-state index contributed by atoms with van der Waals surface area (Å²) in [6.45, 7) is 0.669. The van der Waals surface area contributed by atoms with E-state index in [-0.39, 0.29) is 0 Å². The molecular formula is C23H19N3. The molecule has 0 unspecified atom stereocenters. The largest absolute Gasteiger partial charge is 0.337 e. The van der Waals surface area contributed by atoms with Crippen LogP contribution in [0.3, 0.4) is 0 Å². The summed E-state index contributed by atoms with van der Waals surface area (Å²) in [6, 6.07) is 25.5. The van der Waals surface area contributed by atoms with Crippen molar-refractivity contribution in [2.45, 2.75) is 6.42 Å². The number of hydrogen-bond acceptors (Lipinski definition) is 2. The summed E-state index contributed by atoms with van der Waals surface area (Å²) < 4.78 is 0. The van der Waals surface area contributed by atoms with Crippen LogP contribution in [0.15, 0.2) is 72.8 Å². The number of nitrogens with one attached hydrogen (secondary N) is 1. The Labute approximate surface area is 151 Å². The lowest BCUT2D eigenvalue weighted by atomic mass is 10.0. The number of fused-ring (bicyclic) bond motifs is 6.